The van der Waals surface area contributed by atoms with Crippen LogP contribution in [0.25, 0.3) is 0 Å². The van der Waals surface area contributed by atoms with Crippen LogP contribution in [-0.2, 0) is 4.79 Å². The normalized spacial score (nSPS) is 11.2. The minimum absolute atomic E-state index is 0.388. The van der Waals surface area contributed by atoms with E-state index in [2.05, 4.69) is 5.32 Å². The Hall–Kier alpha value is -1.76. The molecule has 0 saturated heterocycles. The number of anilines is 2. The fraction of sp³-hybridized carbons (Fsp3) is 0.417. The SMILES string of the molecule is CN(C)c1ccccc1NC(=O)CNCC(F)(F)F. The lowest BCUT2D eigenvalue weighted by Crippen LogP contribution is -2.35. The summed E-state index contributed by atoms with van der Waals surface area (Å²) in [5.74, 6) is -0.515. The van der Waals surface area contributed by atoms with Gasteiger partial charge < -0.3 is 15.5 Å². The number of amides is 1. The van der Waals surface area contributed by atoms with Crippen molar-refractivity contribution in [3.8, 4) is 0 Å². The minimum Gasteiger partial charge on any atom is -0.376 e. The van der Waals surface area contributed by atoms with Crippen molar-refractivity contribution in [2.45, 2.75) is 6.18 Å². The van der Waals surface area contributed by atoms with Crippen molar-refractivity contribution in [1.29, 1.82) is 0 Å². The van der Waals surface area contributed by atoms with Crippen LogP contribution in [0.2, 0.25) is 0 Å². The van der Waals surface area contributed by atoms with Crippen LogP contribution in [0.15, 0.2) is 24.3 Å². The van der Waals surface area contributed by atoms with E-state index >= 15 is 0 Å². The monoisotopic (exact) mass is 275 g/mol. The van der Waals surface area contributed by atoms with Crippen molar-refractivity contribution < 1.29 is 18.0 Å². The number of halogens is 3. The minimum atomic E-state index is -4.32. The van der Waals surface area contributed by atoms with Gasteiger partial charge in [-0.25, -0.2) is 0 Å². The molecule has 0 saturated carbocycles. The third-order valence-electron chi connectivity index (χ3n) is 2.27. The third-order valence-corrected chi connectivity index (χ3v) is 2.27. The molecule has 19 heavy (non-hydrogen) atoms. The summed E-state index contributed by atoms with van der Waals surface area (Å²) in [5, 5.41) is 4.61. The van der Waals surface area contributed by atoms with Crippen LogP contribution in [0, 0.1) is 0 Å². The van der Waals surface area contributed by atoms with Crippen molar-refractivity contribution in [3.05, 3.63) is 24.3 Å². The quantitative estimate of drug-likeness (QED) is 0.862. The first-order chi connectivity index (χ1) is 8.79. The number of alkyl halides is 3. The summed E-state index contributed by atoms with van der Waals surface area (Å²) < 4.78 is 35.7. The topological polar surface area (TPSA) is 44.4 Å². The second-order valence-corrected chi connectivity index (χ2v) is 4.18. The smallest absolute Gasteiger partial charge is 0.376 e. The van der Waals surface area contributed by atoms with Crippen LogP contribution in [0.5, 0.6) is 0 Å². The van der Waals surface area contributed by atoms with Crippen LogP contribution >= 0.6 is 0 Å². The molecule has 2 N–H and O–H groups in total. The van der Waals surface area contributed by atoms with Crippen LogP contribution in [-0.4, -0.2) is 39.3 Å². The van der Waals surface area contributed by atoms with Gasteiger partial charge in [0.25, 0.3) is 0 Å². The van der Waals surface area contributed by atoms with E-state index in [9.17, 15) is 18.0 Å². The molecule has 0 heterocycles. The van der Waals surface area contributed by atoms with Gasteiger partial charge in [-0.3, -0.25) is 4.79 Å². The van der Waals surface area contributed by atoms with E-state index in [1.807, 2.05) is 25.5 Å². The number of nitrogens with zero attached hydrogens (tertiary/aromatic N) is 1. The van der Waals surface area contributed by atoms with Gasteiger partial charge in [-0.15, -0.1) is 0 Å². The van der Waals surface area contributed by atoms with Gasteiger partial charge in [-0.2, -0.15) is 13.2 Å². The van der Waals surface area contributed by atoms with Gasteiger partial charge in [0.15, 0.2) is 0 Å². The maximum atomic E-state index is 11.9. The van der Waals surface area contributed by atoms with Crippen molar-refractivity contribution in [1.82, 2.24) is 5.32 Å². The molecule has 0 aliphatic rings. The molecule has 0 atom stereocenters. The van der Waals surface area contributed by atoms with Gasteiger partial charge in [-0.05, 0) is 12.1 Å². The van der Waals surface area contributed by atoms with Gasteiger partial charge >= 0.3 is 6.18 Å². The number of rotatable bonds is 5. The van der Waals surface area contributed by atoms with Crippen molar-refractivity contribution >= 4 is 17.3 Å². The van der Waals surface area contributed by atoms with Gasteiger partial charge in [0, 0.05) is 14.1 Å². The number of carbonyl (C=O) groups is 1. The Labute approximate surface area is 109 Å². The highest BCUT2D eigenvalue weighted by molar-refractivity contribution is 5.95. The number of para-hydroxylation sites is 2. The number of benzene rings is 1. The molecular weight excluding hydrogens is 259 g/mol. The molecule has 7 heteroatoms. The van der Waals surface area contributed by atoms with Gasteiger partial charge in [0.2, 0.25) is 5.91 Å². The summed E-state index contributed by atoms with van der Waals surface area (Å²) in [4.78, 5) is 13.3. The number of hydrogen-bond donors (Lipinski definition) is 2. The summed E-state index contributed by atoms with van der Waals surface area (Å²) in [5.41, 5.74) is 1.35. The first-order valence-electron chi connectivity index (χ1n) is 5.63. The Bertz CT molecular complexity index is 432. The average molecular weight is 275 g/mol. The average Bonchev–Trinajstić information content (AvgIpc) is 2.27. The van der Waals surface area contributed by atoms with Crippen LogP contribution in [0.3, 0.4) is 0 Å². The zero-order valence-corrected chi connectivity index (χ0v) is 10.7. The van der Waals surface area contributed by atoms with Gasteiger partial charge in [-0.1, -0.05) is 12.1 Å². The van der Waals surface area contributed by atoms with Gasteiger partial charge in [0.1, 0.15) is 0 Å². The molecule has 0 unspecified atom stereocenters. The molecule has 0 fully saturated rings. The summed E-state index contributed by atoms with van der Waals surface area (Å²) in [6.45, 7) is -1.57. The molecular formula is C12H16F3N3O. The Morgan fingerprint density at radius 2 is 1.89 bits per heavy atom. The number of hydrogen-bond acceptors (Lipinski definition) is 3. The first kappa shape index (κ1) is 15.3. The summed E-state index contributed by atoms with van der Waals surface area (Å²) in [6, 6.07) is 7.05. The van der Waals surface area contributed by atoms with E-state index < -0.39 is 18.6 Å². The lowest BCUT2D eigenvalue weighted by molar-refractivity contribution is -0.126. The van der Waals surface area contributed by atoms with Crippen molar-refractivity contribution in [2.75, 3.05) is 37.4 Å². The highest BCUT2D eigenvalue weighted by Crippen LogP contribution is 2.23. The third kappa shape index (κ3) is 5.60. The number of carbonyl (C=O) groups excluding carboxylic acids is 1. The number of nitrogens with one attached hydrogen (secondary N) is 2. The van der Waals surface area contributed by atoms with E-state index in [1.165, 1.54) is 0 Å². The summed E-state index contributed by atoms with van der Waals surface area (Å²) in [7, 11) is 3.62. The molecule has 106 valence electrons. The Kier molecular flexibility index (Phi) is 5.17. The van der Waals surface area contributed by atoms with Crippen molar-refractivity contribution in [2.24, 2.45) is 0 Å². The molecule has 0 radical (unpaired) electrons. The zero-order valence-electron chi connectivity index (χ0n) is 10.7. The Morgan fingerprint density at radius 3 is 2.47 bits per heavy atom. The molecule has 0 aliphatic carbocycles. The largest absolute Gasteiger partial charge is 0.401 e. The van der Waals surface area contributed by atoms with Crippen molar-refractivity contribution in [3.63, 3.8) is 0 Å². The fourth-order valence-corrected chi connectivity index (χ4v) is 1.48. The zero-order chi connectivity index (χ0) is 14.5. The molecule has 1 rings (SSSR count). The van der Waals surface area contributed by atoms with Gasteiger partial charge in [0.05, 0.1) is 24.5 Å². The highest BCUT2D eigenvalue weighted by Gasteiger charge is 2.26. The Balaban J connectivity index is 2.53. The predicted octanol–water partition coefficient (Wildman–Crippen LogP) is 1.84. The standard InChI is InChI=1S/C12H16F3N3O/c1-18(2)10-6-4-3-5-9(10)17-11(19)7-16-8-12(13,14)15/h3-6,16H,7-8H2,1-2H3,(H,17,19). The lowest BCUT2D eigenvalue weighted by Gasteiger charge is -2.17. The molecule has 4 nitrogen and oxygen atoms in total. The maximum Gasteiger partial charge on any atom is 0.401 e. The molecule has 1 amide bonds. The van der Waals surface area contributed by atoms with Crippen LogP contribution in [0.1, 0.15) is 0 Å². The predicted molar refractivity (Wildman–Crippen MR) is 68.3 cm³/mol. The molecule has 0 spiro atoms. The Morgan fingerprint density at radius 1 is 1.26 bits per heavy atom. The first-order valence-corrected chi connectivity index (χ1v) is 5.63. The van der Waals surface area contributed by atoms with Crippen LogP contribution < -0.4 is 15.5 Å². The second kappa shape index (κ2) is 6.42. The molecule has 1 aromatic rings. The maximum absolute atomic E-state index is 11.9. The highest BCUT2D eigenvalue weighted by atomic mass is 19.4. The molecule has 1 aromatic carbocycles. The van der Waals surface area contributed by atoms with E-state index in [4.69, 9.17) is 0 Å². The summed E-state index contributed by atoms with van der Waals surface area (Å²) >= 11 is 0. The fourth-order valence-electron chi connectivity index (χ4n) is 1.48. The van der Waals surface area contributed by atoms with E-state index in [-0.39, 0.29) is 6.54 Å². The lowest BCUT2D eigenvalue weighted by atomic mass is 10.2. The van der Waals surface area contributed by atoms with E-state index in [0.717, 1.165) is 5.69 Å². The van der Waals surface area contributed by atoms with Crippen LogP contribution in [0.4, 0.5) is 24.5 Å². The summed E-state index contributed by atoms with van der Waals surface area (Å²) in [6.07, 6.45) is -4.32. The van der Waals surface area contributed by atoms with E-state index in [1.54, 1.807) is 23.1 Å². The molecule has 0 aliphatic heterocycles. The molecule has 0 aromatic heterocycles. The molecule has 0 bridgehead atoms. The van der Waals surface area contributed by atoms with E-state index in [0.29, 0.717) is 5.69 Å². The second-order valence-electron chi connectivity index (χ2n) is 4.18.